The molecule has 2 aliphatic rings. The Morgan fingerprint density at radius 1 is 0.828 bits per heavy atom. The van der Waals surface area contributed by atoms with Crippen molar-refractivity contribution in [1.29, 1.82) is 0 Å². The van der Waals surface area contributed by atoms with Gasteiger partial charge in [0.2, 0.25) is 12.2 Å². The van der Waals surface area contributed by atoms with E-state index >= 15 is 0 Å². The monoisotopic (exact) mass is 415 g/mol. The average molecular weight is 415 g/mol. The van der Waals surface area contributed by atoms with E-state index in [4.69, 9.17) is 23.7 Å². The molecule has 0 radical (unpaired) electrons. The van der Waals surface area contributed by atoms with Gasteiger partial charge < -0.3 is 29.0 Å². The van der Waals surface area contributed by atoms with E-state index in [0.29, 0.717) is 12.8 Å². The van der Waals surface area contributed by atoms with Crippen LogP contribution < -0.4 is 5.32 Å². The maximum absolute atomic E-state index is 12.3. The summed E-state index contributed by atoms with van der Waals surface area (Å²) in [6.07, 6.45) is -3.50. The second kappa shape index (κ2) is 9.68. The molecule has 1 amide bonds. The first-order valence-corrected chi connectivity index (χ1v) is 9.19. The highest BCUT2D eigenvalue weighted by Crippen LogP contribution is 2.32. The highest BCUT2D eigenvalue weighted by Gasteiger charge is 2.53. The van der Waals surface area contributed by atoms with E-state index in [1.807, 2.05) is 0 Å². The summed E-state index contributed by atoms with van der Waals surface area (Å²) >= 11 is 0. The molecule has 162 valence electrons. The van der Waals surface area contributed by atoms with Gasteiger partial charge in [0.25, 0.3) is 0 Å². The van der Waals surface area contributed by atoms with Crippen molar-refractivity contribution < 1.29 is 47.7 Å². The van der Waals surface area contributed by atoms with Gasteiger partial charge in [-0.1, -0.05) is 0 Å². The van der Waals surface area contributed by atoms with E-state index in [1.165, 1.54) is 6.92 Å². The fourth-order valence-corrected chi connectivity index (χ4v) is 2.95. The van der Waals surface area contributed by atoms with Gasteiger partial charge in [-0.25, -0.2) is 0 Å². The number of rotatable bonds is 7. The number of carbonyl (C=O) groups excluding carboxylic acids is 5. The Morgan fingerprint density at radius 3 is 1.86 bits per heavy atom. The van der Waals surface area contributed by atoms with Crippen LogP contribution in [0, 0.1) is 5.92 Å². The van der Waals surface area contributed by atoms with Gasteiger partial charge in [-0.05, 0) is 12.8 Å². The zero-order chi connectivity index (χ0) is 21.7. The fourth-order valence-electron chi connectivity index (χ4n) is 2.95. The summed E-state index contributed by atoms with van der Waals surface area (Å²) in [6, 6.07) is -1.13. The average Bonchev–Trinajstić information content (AvgIpc) is 3.42. The van der Waals surface area contributed by atoms with Crippen LogP contribution in [0.5, 0.6) is 0 Å². The Bertz CT molecular complexity index is 674. The van der Waals surface area contributed by atoms with Crippen LogP contribution in [-0.2, 0) is 47.7 Å². The molecule has 1 saturated carbocycles. The molecule has 2 rings (SSSR count). The number of hydrogen-bond donors (Lipinski definition) is 1. The maximum atomic E-state index is 12.3. The number of esters is 4. The summed E-state index contributed by atoms with van der Waals surface area (Å²) in [6.45, 7) is 4.25. The quantitative estimate of drug-likeness (QED) is 0.431. The maximum Gasteiger partial charge on any atom is 0.305 e. The highest BCUT2D eigenvalue weighted by molar-refractivity contribution is 5.81. The van der Waals surface area contributed by atoms with Gasteiger partial charge in [-0.15, -0.1) is 0 Å². The zero-order valence-corrected chi connectivity index (χ0v) is 16.7. The van der Waals surface area contributed by atoms with Crippen molar-refractivity contribution in [3.8, 4) is 0 Å². The van der Waals surface area contributed by atoms with Crippen molar-refractivity contribution >= 4 is 29.8 Å². The van der Waals surface area contributed by atoms with Crippen LogP contribution in [0.4, 0.5) is 0 Å². The second-order valence-electron chi connectivity index (χ2n) is 6.91. The van der Waals surface area contributed by atoms with E-state index in [9.17, 15) is 24.0 Å². The molecule has 29 heavy (non-hydrogen) atoms. The van der Waals surface area contributed by atoms with E-state index < -0.39 is 54.5 Å². The Hall–Kier alpha value is -2.69. The molecule has 11 nitrogen and oxygen atoms in total. The lowest BCUT2D eigenvalue weighted by atomic mass is 9.96. The summed E-state index contributed by atoms with van der Waals surface area (Å²) in [7, 11) is 0. The van der Waals surface area contributed by atoms with Crippen LogP contribution in [0.25, 0.3) is 0 Å². The SMILES string of the molecule is CC(=O)OC[C@H]1O[C@H](OC(C)=O)[C@@H](NC(=O)C2CC2)[C@@H](OC(C)=O)[C@@H]1OC(C)=O. The van der Waals surface area contributed by atoms with E-state index in [2.05, 4.69) is 5.32 Å². The summed E-state index contributed by atoms with van der Waals surface area (Å²) < 4.78 is 26.4. The fraction of sp³-hybridized carbons (Fsp3) is 0.722. The van der Waals surface area contributed by atoms with Crippen LogP contribution >= 0.6 is 0 Å². The van der Waals surface area contributed by atoms with Gasteiger partial charge >= 0.3 is 23.9 Å². The standard InChI is InChI=1S/C18H25NO10/c1-8(20)25-7-13-15(26-9(2)21)16(27-10(3)22)14(18(29-13)28-11(4)23)19-17(24)12-5-6-12/h12-16,18H,5-7H2,1-4H3,(H,19,24)/t13-,14+,15-,16-,18+/m1/s1. The largest absolute Gasteiger partial charge is 0.463 e. The first kappa shape index (κ1) is 22.6. The lowest BCUT2D eigenvalue weighted by molar-refractivity contribution is -0.271. The smallest absolute Gasteiger partial charge is 0.305 e. The highest BCUT2D eigenvalue weighted by atomic mass is 16.7. The van der Waals surface area contributed by atoms with Crippen LogP contribution in [-0.4, -0.2) is 67.0 Å². The predicted octanol–water partition coefficient (Wildman–Crippen LogP) is -0.404. The molecule has 5 atom stereocenters. The van der Waals surface area contributed by atoms with Crippen LogP contribution in [0.2, 0.25) is 0 Å². The second-order valence-corrected chi connectivity index (χ2v) is 6.91. The van der Waals surface area contributed by atoms with Gasteiger partial charge in [0.1, 0.15) is 18.8 Å². The Kier molecular flexibility index (Phi) is 7.54. The number of ether oxygens (including phenoxy) is 5. The molecule has 11 heteroatoms. The summed E-state index contributed by atoms with van der Waals surface area (Å²) in [5, 5.41) is 2.66. The molecule has 1 aliphatic carbocycles. The molecule has 0 aromatic heterocycles. The predicted molar refractivity (Wildman–Crippen MR) is 92.8 cm³/mol. The Balaban J connectivity index is 2.36. The van der Waals surface area contributed by atoms with Crippen molar-refractivity contribution in [3.05, 3.63) is 0 Å². The normalized spacial score (nSPS) is 28.6. The molecule has 0 unspecified atom stereocenters. The summed E-state index contributed by atoms with van der Waals surface area (Å²) in [5.41, 5.74) is 0. The van der Waals surface area contributed by atoms with Crippen molar-refractivity contribution in [2.75, 3.05) is 6.61 Å². The third-order valence-electron chi connectivity index (χ3n) is 4.24. The molecule has 1 aliphatic heterocycles. The Labute approximate surface area is 167 Å². The van der Waals surface area contributed by atoms with Gasteiger partial charge in [0.15, 0.2) is 12.2 Å². The van der Waals surface area contributed by atoms with E-state index in [0.717, 1.165) is 20.8 Å². The minimum absolute atomic E-state index is 0.197. The van der Waals surface area contributed by atoms with Crippen molar-refractivity contribution in [2.24, 2.45) is 5.92 Å². The van der Waals surface area contributed by atoms with Crippen LogP contribution in [0.3, 0.4) is 0 Å². The van der Waals surface area contributed by atoms with Crippen LogP contribution in [0.1, 0.15) is 40.5 Å². The topological polar surface area (TPSA) is 144 Å². The first-order valence-electron chi connectivity index (χ1n) is 9.19. The molecular weight excluding hydrogens is 390 g/mol. The minimum Gasteiger partial charge on any atom is -0.463 e. The van der Waals surface area contributed by atoms with Gasteiger partial charge in [0.05, 0.1) is 0 Å². The molecule has 1 saturated heterocycles. The summed E-state index contributed by atoms with van der Waals surface area (Å²) in [4.78, 5) is 58.5. The van der Waals surface area contributed by atoms with Crippen molar-refractivity contribution in [3.63, 3.8) is 0 Å². The third-order valence-corrected chi connectivity index (χ3v) is 4.24. The molecule has 0 bridgehead atoms. The molecule has 1 N–H and O–H groups in total. The number of hydrogen-bond acceptors (Lipinski definition) is 10. The van der Waals surface area contributed by atoms with Gasteiger partial charge in [0, 0.05) is 33.6 Å². The Morgan fingerprint density at radius 2 is 1.38 bits per heavy atom. The molecular formula is C18H25NO10. The number of amides is 1. The first-order chi connectivity index (χ1) is 13.6. The minimum atomic E-state index is -1.35. The number of nitrogens with one attached hydrogen (secondary N) is 1. The number of carbonyl (C=O) groups is 5. The van der Waals surface area contributed by atoms with E-state index in [-0.39, 0.29) is 18.4 Å². The van der Waals surface area contributed by atoms with Gasteiger partial charge in [-0.3, -0.25) is 24.0 Å². The third kappa shape index (κ3) is 6.70. The molecule has 1 heterocycles. The van der Waals surface area contributed by atoms with Gasteiger partial charge in [-0.2, -0.15) is 0 Å². The van der Waals surface area contributed by atoms with E-state index in [1.54, 1.807) is 0 Å². The summed E-state index contributed by atoms with van der Waals surface area (Å²) in [5.74, 6) is -3.27. The lowest BCUT2D eigenvalue weighted by Gasteiger charge is -2.44. The molecule has 0 aromatic rings. The molecule has 2 fully saturated rings. The lowest BCUT2D eigenvalue weighted by Crippen LogP contribution is -2.67. The van der Waals surface area contributed by atoms with Crippen molar-refractivity contribution in [2.45, 2.75) is 71.2 Å². The van der Waals surface area contributed by atoms with Crippen molar-refractivity contribution in [1.82, 2.24) is 5.32 Å². The van der Waals surface area contributed by atoms with Crippen LogP contribution in [0.15, 0.2) is 0 Å². The molecule has 0 aromatic carbocycles. The molecule has 0 spiro atoms. The zero-order valence-electron chi connectivity index (χ0n) is 16.7.